The van der Waals surface area contributed by atoms with Crippen LogP contribution < -0.4 is 5.32 Å². The van der Waals surface area contributed by atoms with Crippen LogP contribution in [0.1, 0.15) is 67.4 Å². The summed E-state index contributed by atoms with van der Waals surface area (Å²) in [6.07, 6.45) is 12.1. The van der Waals surface area contributed by atoms with Crippen LogP contribution in [0.15, 0.2) is 0 Å². The Morgan fingerprint density at radius 3 is 2.68 bits per heavy atom. The Morgan fingerprint density at radius 1 is 1.21 bits per heavy atom. The first-order valence-electron chi connectivity index (χ1n) is 8.00. The molecule has 2 nitrogen and oxygen atoms in total. The van der Waals surface area contributed by atoms with E-state index in [2.05, 4.69) is 12.2 Å². The Kier molecular flexibility index (Phi) is 2.96. The molecule has 1 unspecified atom stereocenters. The van der Waals surface area contributed by atoms with Crippen molar-refractivity contribution in [2.75, 3.05) is 0 Å². The Morgan fingerprint density at radius 2 is 2.00 bits per heavy atom. The quantitative estimate of drug-likeness (QED) is 0.885. The molecule has 0 aliphatic heterocycles. The van der Waals surface area contributed by atoms with E-state index in [4.69, 9.17) is 4.98 Å². The van der Waals surface area contributed by atoms with Crippen LogP contribution in [0.25, 0.3) is 0 Å². The summed E-state index contributed by atoms with van der Waals surface area (Å²) in [5.41, 5.74) is 1.58. The van der Waals surface area contributed by atoms with Gasteiger partial charge in [0.05, 0.1) is 11.2 Å². The third-order valence-electron chi connectivity index (χ3n) is 4.81. The average molecular weight is 276 g/mol. The number of hydrogen-bond donors (Lipinski definition) is 1. The third-order valence-corrected chi connectivity index (χ3v) is 6.23. The molecule has 2 fully saturated rings. The zero-order chi connectivity index (χ0) is 12.9. The van der Waals surface area contributed by atoms with Crippen molar-refractivity contribution >= 4 is 11.3 Å². The fourth-order valence-electron chi connectivity index (χ4n) is 3.37. The van der Waals surface area contributed by atoms with E-state index in [1.807, 2.05) is 11.3 Å². The van der Waals surface area contributed by atoms with Gasteiger partial charge in [-0.2, -0.15) is 0 Å². The van der Waals surface area contributed by atoms with E-state index in [9.17, 15) is 0 Å². The predicted octanol–water partition coefficient (Wildman–Crippen LogP) is 3.79. The Balaban J connectivity index is 1.62. The first-order chi connectivity index (χ1) is 9.23. The zero-order valence-electron chi connectivity index (χ0n) is 11.9. The molecule has 2 saturated carbocycles. The van der Waals surface area contributed by atoms with Gasteiger partial charge in [0.25, 0.3) is 0 Å². The van der Waals surface area contributed by atoms with E-state index in [1.165, 1.54) is 68.5 Å². The van der Waals surface area contributed by atoms with Crippen LogP contribution in [-0.4, -0.2) is 11.0 Å². The van der Waals surface area contributed by atoms with E-state index in [1.54, 1.807) is 4.88 Å². The lowest BCUT2D eigenvalue weighted by Gasteiger charge is -2.29. The van der Waals surface area contributed by atoms with Crippen LogP contribution in [0.3, 0.4) is 0 Å². The molecular weight excluding hydrogens is 252 g/mol. The molecule has 3 aliphatic rings. The first-order valence-corrected chi connectivity index (χ1v) is 8.81. The van der Waals surface area contributed by atoms with Crippen molar-refractivity contribution in [2.45, 2.75) is 76.3 Å². The molecule has 0 saturated heterocycles. The van der Waals surface area contributed by atoms with Crippen molar-refractivity contribution in [1.82, 2.24) is 10.3 Å². The van der Waals surface area contributed by atoms with Gasteiger partial charge in [0.1, 0.15) is 5.01 Å². The fraction of sp³-hybridized carbons (Fsp3) is 0.812. The molecule has 0 bridgehead atoms. The maximum atomic E-state index is 5.04. The SMILES string of the molecule is CC(CC1CC1)(NC1CC1)c1nc2c(s1)CCCC2. The van der Waals surface area contributed by atoms with Gasteiger partial charge in [0.15, 0.2) is 0 Å². The number of aromatic nitrogens is 1. The molecule has 0 amide bonds. The van der Waals surface area contributed by atoms with Gasteiger partial charge >= 0.3 is 0 Å². The average Bonchev–Trinajstić information content (AvgIpc) is 3.31. The number of fused-ring (bicyclic) bond motifs is 1. The van der Waals surface area contributed by atoms with E-state index in [0.29, 0.717) is 0 Å². The van der Waals surface area contributed by atoms with Crippen LogP contribution in [0.2, 0.25) is 0 Å². The second-order valence-corrected chi connectivity index (χ2v) is 8.08. The predicted molar refractivity (Wildman–Crippen MR) is 79.6 cm³/mol. The molecule has 104 valence electrons. The molecule has 0 spiro atoms. The van der Waals surface area contributed by atoms with E-state index in [0.717, 1.165) is 12.0 Å². The second kappa shape index (κ2) is 4.56. The van der Waals surface area contributed by atoms with Gasteiger partial charge in [-0.1, -0.05) is 12.8 Å². The molecule has 3 aliphatic carbocycles. The summed E-state index contributed by atoms with van der Waals surface area (Å²) in [5, 5.41) is 5.30. The zero-order valence-corrected chi connectivity index (χ0v) is 12.7. The van der Waals surface area contributed by atoms with Gasteiger partial charge in [-0.3, -0.25) is 0 Å². The van der Waals surface area contributed by atoms with Crippen molar-refractivity contribution < 1.29 is 0 Å². The summed E-state index contributed by atoms with van der Waals surface area (Å²) in [7, 11) is 0. The number of aryl methyl sites for hydroxylation is 2. The van der Waals surface area contributed by atoms with Crippen molar-refractivity contribution in [1.29, 1.82) is 0 Å². The largest absolute Gasteiger partial charge is 0.303 e. The molecular formula is C16H24N2S. The summed E-state index contributed by atoms with van der Waals surface area (Å²) in [6.45, 7) is 2.41. The van der Waals surface area contributed by atoms with E-state index in [-0.39, 0.29) is 5.54 Å². The lowest BCUT2D eigenvalue weighted by molar-refractivity contribution is 0.317. The van der Waals surface area contributed by atoms with Gasteiger partial charge in [0, 0.05) is 10.9 Å². The molecule has 19 heavy (non-hydrogen) atoms. The molecule has 1 N–H and O–H groups in total. The number of nitrogens with one attached hydrogen (secondary N) is 1. The lowest BCUT2D eigenvalue weighted by Crippen LogP contribution is -2.41. The van der Waals surface area contributed by atoms with Crippen molar-refractivity contribution in [3.63, 3.8) is 0 Å². The topological polar surface area (TPSA) is 24.9 Å². The fourth-order valence-corrected chi connectivity index (χ4v) is 4.64. The molecule has 0 aromatic carbocycles. The third kappa shape index (κ3) is 2.59. The summed E-state index contributed by atoms with van der Waals surface area (Å²) in [4.78, 5) is 6.62. The van der Waals surface area contributed by atoms with Crippen LogP contribution in [0.5, 0.6) is 0 Å². The highest BCUT2D eigenvalue weighted by atomic mass is 32.1. The smallest absolute Gasteiger partial charge is 0.113 e. The molecule has 0 radical (unpaired) electrons. The molecule has 4 rings (SSSR count). The number of hydrogen-bond acceptors (Lipinski definition) is 3. The Bertz CT molecular complexity index is 434. The second-order valence-electron chi connectivity index (χ2n) is 6.99. The summed E-state index contributed by atoms with van der Waals surface area (Å²) in [6, 6.07) is 0.768. The van der Waals surface area contributed by atoms with Crippen LogP contribution in [0, 0.1) is 5.92 Å². The number of thiazole rings is 1. The normalized spacial score (nSPS) is 25.9. The highest BCUT2D eigenvalue weighted by Gasteiger charge is 2.40. The summed E-state index contributed by atoms with van der Waals surface area (Å²) in [5.74, 6) is 0.956. The Labute approximate surface area is 120 Å². The maximum absolute atomic E-state index is 5.04. The lowest BCUT2D eigenvalue weighted by atomic mass is 9.95. The number of rotatable bonds is 5. The highest BCUT2D eigenvalue weighted by molar-refractivity contribution is 7.11. The number of nitrogens with zero attached hydrogens (tertiary/aromatic N) is 1. The van der Waals surface area contributed by atoms with Gasteiger partial charge in [-0.15, -0.1) is 11.3 Å². The van der Waals surface area contributed by atoms with Gasteiger partial charge in [-0.25, -0.2) is 4.98 Å². The maximum Gasteiger partial charge on any atom is 0.113 e. The standard InChI is InChI=1S/C16H24N2S/c1-16(10-11-6-7-11,18-12-8-9-12)15-17-13-4-2-3-5-14(13)19-15/h11-12,18H,2-10H2,1H3. The van der Waals surface area contributed by atoms with Crippen molar-refractivity contribution in [3.05, 3.63) is 15.6 Å². The van der Waals surface area contributed by atoms with Gasteiger partial charge in [-0.05, 0) is 57.8 Å². The van der Waals surface area contributed by atoms with Crippen LogP contribution in [-0.2, 0) is 18.4 Å². The molecule has 1 aromatic heterocycles. The summed E-state index contributed by atoms with van der Waals surface area (Å²) >= 11 is 2.01. The molecule has 1 atom stereocenters. The summed E-state index contributed by atoms with van der Waals surface area (Å²) < 4.78 is 0. The van der Waals surface area contributed by atoms with Crippen LogP contribution in [0.4, 0.5) is 0 Å². The highest BCUT2D eigenvalue weighted by Crippen LogP contribution is 2.44. The van der Waals surface area contributed by atoms with Crippen molar-refractivity contribution in [2.24, 2.45) is 5.92 Å². The first kappa shape index (κ1) is 12.3. The molecule has 1 aromatic rings. The minimum absolute atomic E-state index is 0.157. The van der Waals surface area contributed by atoms with E-state index >= 15 is 0 Å². The van der Waals surface area contributed by atoms with Gasteiger partial charge < -0.3 is 5.32 Å². The van der Waals surface area contributed by atoms with Crippen LogP contribution >= 0.6 is 11.3 Å². The van der Waals surface area contributed by atoms with Crippen molar-refractivity contribution in [3.8, 4) is 0 Å². The monoisotopic (exact) mass is 276 g/mol. The molecule has 1 heterocycles. The minimum atomic E-state index is 0.157. The molecule has 3 heteroatoms. The Hall–Kier alpha value is -0.410. The van der Waals surface area contributed by atoms with Gasteiger partial charge in [0.2, 0.25) is 0 Å². The van der Waals surface area contributed by atoms with E-state index < -0.39 is 0 Å². The minimum Gasteiger partial charge on any atom is -0.303 e.